The van der Waals surface area contributed by atoms with E-state index in [0.29, 0.717) is 0 Å². The zero-order valence-electron chi connectivity index (χ0n) is 33.4. The minimum absolute atomic E-state index is 0.165. The van der Waals surface area contributed by atoms with Crippen LogP contribution in [-0.2, 0) is 5.41 Å². The largest absolute Gasteiger partial charge is 0.309 e. The standard InChI is InChI=1S/C57H39N3/c1-57(2)49-20-8-5-15-41(49)46-34-47-48(35-50(46)57)56(39-32-37(51-21-11-13-29-58-51)31-38(33-39)52-22-12-14-30-59-52)45-19-4-3-18-44(45)55(47)36-25-27-40(28-26-36)60-53-23-9-6-16-42(53)43-17-7-10-24-54(43)60/h3-35H,1-2H3. The molecule has 3 nitrogen and oxygen atoms in total. The van der Waals surface area contributed by atoms with Crippen LogP contribution < -0.4 is 0 Å². The Bertz CT molecular complexity index is 3380. The van der Waals surface area contributed by atoms with Crippen LogP contribution in [0.4, 0.5) is 0 Å². The first kappa shape index (κ1) is 34.4. The second-order valence-electron chi connectivity index (χ2n) is 16.6. The van der Waals surface area contributed by atoms with Gasteiger partial charge in [0.15, 0.2) is 0 Å². The summed E-state index contributed by atoms with van der Waals surface area (Å²) < 4.78 is 2.40. The number of rotatable bonds is 5. The molecule has 0 saturated heterocycles. The van der Waals surface area contributed by atoms with Gasteiger partial charge in [-0.3, -0.25) is 9.97 Å². The zero-order valence-corrected chi connectivity index (χ0v) is 33.4. The van der Waals surface area contributed by atoms with Gasteiger partial charge in [0, 0.05) is 45.4 Å². The Morgan fingerprint density at radius 1 is 0.367 bits per heavy atom. The molecule has 0 saturated carbocycles. The van der Waals surface area contributed by atoms with Crippen molar-refractivity contribution in [2.75, 3.05) is 0 Å². The first-order valence-electron chi connectivity index (χ1n) is 20.7. The van der Waals surface area contributed by atoms with Crippen LogP contribution >= 0.6 is 0 Å². The summed E-state index contributed by atoms with van der Waals surface area (Å²) in [7, 11) is 0. The van der Waals surface area contributed by atoms with Crippen molar-refractivity contribution in [2.45, 2.75) is 19.3 Å². The molecular formula is C57H39N3. The Morgan fingerprint density at radius 3 is 1.47 bits per heavy atom. The Morgan fingerprint density at radius 2 is 0.867 bits per heavy atom. The van der Waals surface area contributed by atoms with Crippen molar-refractivity contribution in [2.24, 2.45) is 0 Å². The summed E-state index contributed by atoms with van der Waals surface area (Å²) in [6, 6.07) is 68.8. The van der Waals surface area contributed by atoms with Crippen molar-refractivity contribution in [1.82, 2.24) is 14.5 Å². The summed E-state index contributed by atoms with van der Waals surface area (Å²) in [6.07, 6.45) is 3.75. The highest BCUT2D eigenvalue weighted by atomic mass is 15.0. The normalized spacial score (nSPS) is 13.0. The lowest BCUT2D eigenvalue weighted by atomic mass is 9.79. The van der Waals surface area contributed by atoms with Crippen LogP contribution in [0, 0.1) is 0 Å². The van der Waals surface area contributed by atoms with Gasteiger partial charge >= 0.3 is 0 Å². The van der Waals surface area contributed by atoms with Crippen molar-refractivity contribution < 1.29 is 0 Å². The highest BCUT2D eigenvalue weighted by Crippen LogP contribution is 2.53. The zero-order chi connectivity index (χ0) is 40.0. The lowest BCUT2D eigenvalue weighted by Crippen LogP contribution is -2.14. The van der Waals surface area contributed by atoms with Crippen LogP contribution in [0.15, 0.2) is 200 Å². The summed E-state index contributed by atoms with van der Waals surface area (Å²) in [5, 5.41) is 7.44. The maximum absolute atomic E-state index is 4.82. The summed E-state index contributed by atoms with van der Waals surface area (Å²) in [5.74, 6) is 0. The maximum Gasteiger partial charge on any atom is 0.0702 e. The molecule has 3 aromatic heterocycles. The van der Waals surface area contributed by atoms with Crippen molar-refractivity contribution in [3.05, 3.63) is 212 Å². The lowest BCUT2D eigenvalue weighted by Gasteiger charge is -2.24. The molecule has 3 heterocycles. The molecule has 0 bridgehead atoms. The van der Waals surface area contributed by atoms with Gasteiger partial charge in [-0.15, -0.1) is 0 Å². The van der Waals surface area contributed by atoms with Crippen LogP contribution in [0.1, 0.15) is 25.0 Å². The van der Waals surface area contributed by atoms with E-state index in [9.17, 15) is 0 Å². The molecule has 0 atom stereocenters. The van der Waals surface area contributed by atoms with Gasteiger partial charge in [-0.1, -0.05) is 123 Å². The van der Waals surface area contributed by atoms with E-state index in [-0.39, 0.29) is 5.41 Å². The highest BCUT2D eigenvalue weighted by Gasteiger charge is 2.36. The molecule has 1 aliphatic carbocycles. The van der Waals surface area contributed by atoms with Gasteiger partial charge in [-0.05, 0) is 145 Å². The van der Waals surface area contributed by atoms with Crippen LogP contribution in [0.5, 0.6) is 0 Å². The van der Waals surface area contributed by atoms with E-state index in [2.05, 4.69) is 194 Å². The fraction of sp³-hybridized carbons (Fsp3) is 0.0526. The average molecular weight is 766 g/mol. The predicted molar refractivity (Wildman–Crippen MR) is 251 cm³/mol. The molecule has 282 valence electrons. The topological polar surface area (TPSA) is 30.7 Å². The van der Waals surface area contributed by atoms with Crippen molar-refractivity contribution >= 4 is 43.4 Å². The quantitative estimate of drug-likeness (QED) is 0.163. The first-order chi connectivity index (χ1) is 29.5. The molecule has 0 amide bonds. The number of nitrogens with zero attached hydrogens (tertiary/aromatic N) is 3. The molecule has 60 heavy (non-hydrogen) atoms. The SMILES string of the molecule is CC1(C)c2ccccc2-c2cc3c(-c4ccc(-n5c6ccccc6c6ccccc65)cc4)c4ccccc4c(-c4cc(-c5ccccn5)cc(-c5ccccn5)c4)c3cc21. The minimum Gasteiger partial charge on any atom is -0.309 e. The van der Waals surface area contributed by atoms with Gasteiger partial charge in [0.05, 0.1) is 22.4 Å². The summed E-state index contributed by atoms with van der Waals surface area (Å²) in [5.41, 5.74) is 17.5. The monoisotopic (exact) mass is 765 g/mol. The van der Waals surface area contributed by atoms with E-state index >= 15 is 0 Å². The lowest BCUT2D eigenvalue weighted by molar-refractivity contribution is 0.661. The molecular weight excluding hydrogens is 727 g/mol. The Hall–Kier alpha value is -7.62. The third-order valence-corrected chi connectivity index (χ3v) is 12.9. The van der Waals surface area contributed by atoms with E-state index < -0.39 is 0 Å². The molecule has 0 spiro atoms. The third-order valence-electron chi connectivity index (χ3n) is 12.9. The van der Waals surface area contributed by atoms with Gasteiger partial charge in [0.25, 0.3) is 0 Å². The predicted octanol–water partition coefficient (Wildman–Crippen LogP) is 14.9. The van der Waals surface area contributed by atoms with Gasteiger partial charge in [0.1, 0.15) is 0 Å². The first-order valence-corrected chi connectivity index (χ1v) is 20.7. The van der Waals surface area contributed by atoms with Crippen molar-refractivity contribution in [3.8, 4) is 61.6 Å². The number of pyridine rings is 2. The van der Waals surface area contributed by atoms with E-state index in [0.717, 1.165) is 33.8 Å². The molecule has 8 aromatic carbocycles. The Labute approximate surface area is 348 Å². The van der Waals surface area contributed by atoms with E-state index in [1.807, 2.05) is 24.5 Å². The Kier molecular flexibility index (Phi) is 7.58. The van der Waals surface area contributed by atoms with E-state index in [1.54, 1.807) is 0 Å². The fourth-order valence-corrected chi connectivity index (χ4v) is 10.1. The van der Waals surface area contributed by atoms with Gasteiger partial charge < -0.3 is 4.57 Å². The van der Waals surface area contributed by atoms with E-state index in [4.69, 9.17) is 9.97 Å². The highest BCUT2D eigenvalue weighted by molar-refractivity contribution is 6.23. The van der Waals surface area contributed by atoms with Gasteiger partial charge in [-0.2, -0.15) is 0 Å². The van der Waals surface area contributed by atoms with Crippen molar-refractivity contribution in [3.63, 3.8) is 0 Å². The molecule has 0 unspecified atom stereocenters. The molecule has 12 rings (SSSR count). The van der Waals surface area contributed by atoms with Gasteiger partial charge in [0.2, 0.25) is 0 Å². The summed E-state index contributed by atoms with van der Waals surface area (Å²) in [6.45, 7) is 4.75. The number of para-hydroxylation sites is 2. The molecule has 0 N–H and O–H groups in total. The smallest absolute Gasteiger partial charge is 0.0702 e. The minimum atomic E-state index is -0.165. The Balaban J connectivity index is 1.16. The number of fused-ring (bicyclic) bond motifs is 8. The summed E-state index contributed by atoms with van der Waals surface area (Å²) >= 11 is 0. The molecule has 1 aliphatic rings. The number of hydrogen-bond acceptors (Lipinski definition) is 2. The fourth-order valence-electron chi connectivity index (χ4n) is 10.1. The number of aromatic nitrogens is 3. The molecule has 0 fully saturated rings. The molecule has 11 aromatic rings. The second kappa shape index (κ2) is 13.2. The molecule has 0 aliphatic heterocycles. The van der Waals surface area contributed by atoms with Crippen molar-refractivity contribution in [1.29, 1.82) is 0 Å². The second-order valence-corrected chi connectivity index (χ2v) is 16.6. The van der Waals surface area contributed by atoms with Crippen LogP contribution in [0.25, 0.3) is 105 Å². The third kappa shape index (κ3) is 5.15. The van der Waals surface area contributed by atoms with Gasteiger partial charge in [-0.25, -0.2) is 0 Å². The van der Waals surface area contributed by atoms with E-state index in [1.165, 1.54) is 82.3 Å². The maximum atomic E-state index is 4.82. The average Bonchev–Trinajstić information content (AvgIpc) is 3.76. The number of benzene rings is 8. The molecule has 3 heteroatoms. The number of hydrogen-bond donors (Lipinski definition) is 0. The van der Waals surface area contributed by atoms with Crippen LogP contribution in [-0.4, -0.2) is 14.5 Å². The summed E-state index contributed by atoms with van der Waals surface area (Å²) in [4.78, 5) is 9.65. The van der Waals surface area contributed by atoms with Crippen LogP contribution in [0.2, 0.25) is 0 Å². The van der Waals surface area contributed by atoms with Crippen LogP contribution in [0.3, 0.4) is 0 Å². The molecule has 0 radical (unpaired) electrons.